The first-order chi connectivity index (χ1) is 70.1. The van der Waals surface area contributed by atoms with Gasteiger partial charge >= 0.3 is 38.1 Å². The smallest absolute Gasteiger partial charge is 0.462 e. The van der Waals surface area contributed by atoms with Crippen molar-refractivity contribution >= 4 is 105 Å². The average Bonchev–Trinajstić information content (AvgIpc) is 1.65. The van der Waals surface area contributed by atoms with E-state index in [-0.39, 0.29) is 60.8 Å². The van der Waals surface area contributed by atoms with Crippen molar-refractivity contribution in [2.24, 2.45) is 29.6 Å². The van der Waals surface area contributed by atoms with Crippen molar-refractivity contribution in [2.75, 3.05) is 26.4 Å². The molecular formula is C107H130B2ClN23O12. The van der Waals surface area contributed by atoms with Gasteiger partial charge in [0.25, 0.3) is 0 Å². The molecule has 5 saturated carbocycles. The van der Waals surface area contributed by atoms with Gasteiger partial charge in [0.05, 0.1) is 175 Å². The molecule has 2 aliphatic heterocycles. The highest BCUT2D eigenvalue weighted by Gasteiger charge is 2.54. The summed E-state index contributed by atoms with van der Waals surface area (Å²) in [5.41, 5.74) is 9.73. The third-order valence-corrected chi connectivity index (χ3v) is 29.7. The summed E-state index contributed by atoms with van der Waals surface area (Å²) >= 11 is 6.05. The number of fused-ring (bicyclic) bond motifs is 4. The largest absolute Gasteiger partial charge is 0.498 e. The number of nitrogens with zero attached hydrogens (tertiary/aromatic N) is 18. The van der Waals surface area contributed by atoms with Gasteiger partial charge in [-0.2, -0.15) is 51.8 Å². The fraction of sp³-hybridized carbons (Fsp3) is 0.495. The van der Waals surface area contributed by atoms with Crippen LogP contribution < -0.4 is 10.9 Å². The quantitative estimate of drug-likeness (QED) is 0.0145. The van der Waals surface area contributed by atoms with Crippen LogP contribution >= 0.6 is 11.6 Å². The van der Waals surface area contributed by atoms with Gasteiger partial charge in [-0.15, -0.1) is 0 Å². The number of hydrogen-bond acceptors (Lipinski definition) is 26. The van der Waals surface area contributed by atoms with Crippen molar-refractivity contribution in [1.82, 2.24) is 89.2 Å². The van der Waals surface area contributed by atoms with Crippen molar-refractivity contribution in [3.8, 4) is 63.7 Å². The highest BCUT2D eigenvalue weighted by atomic mass is 35.5. The highest BCUT2D eigenvalue weighted by molar-refractivity contribution is 6.62. The van der Waals surface area contributed by atoms with E-state index in [0.29, 0.717) is 132 Å². The van der Waals surface area contributed by atoms with Crippen LogP contribution in [0.4, 0.5) is 0 Å². The van der Waals surface area contributed by atoms with E-state index >= 15 is 0 Å². The number of esters is 4. The van der Waals surface area contributed by atoms with Crippen LogP contribution in [0.2, 0.25) is 5.02 Å². The summed E-state index contributed by atoms with van der Waals surface area (Å²) in [6.07, 6.45) is 61.4. The molecule has 0 amide bonds. The summed E-state index contributed by atoms with van der Waals surface area (Å²) in [6.45, 7) is 24.7. The Morgan fingerprint density at radius 1 is 0.407 bits per heavy atom. The maximum absolute atomic E-state index is 12.5. The third-order valence-electron chi connectivity index (χ3n) is 29.3. The molecule has 2 saturated heterocycles. The van der Waals surface area contributed by atoms with Gasteiger partial charge in [0, 0.05) is 165 Å². The number of aromatic amines is 5. The number of hydrogen-bond donors (Lipinski definition) is 5. The number of halogens is 1. The molecule has 0 aromatic carbocycles. The van der Waals surface area contributed by atoms with Crippen molar-refractivity contribution in [1.29, 1.82) is 26.3 Å². The molecule has 13 aromatic rings. The molecule has 7 fully saturated rings. The first kappa shape index (κ1) is 107. The lowest BCUT2D eigenvalue weighted by Crippen LogP contribution is -2.41. The molecule has 4 atom stereocenters. The van der Waals surface area contributed by atoms with E-state index < -0.39 is 23.9 Å². The lowest BCUT2D eigenvalue weighted by atomic mass is 9.82. The summed E-state index contributed by atoms with van der Waals surface area (Å²) in [5, 5.41) is 73.8. The van der Waals surface area contributed by atoms with E-state index in [2.05, 4.69) is 122 Å². The van der Waals surface area contributed by atoms with Crippen LogP contribution in [0.5, 0.6) is 0 Å². The molecule has 145 heavy (non-hydrogen) atoms. The summed E-state index contributed by atoms with van der Waals surface area (Å²) < 4.78 is 52.1. The molecular weight excluding hydrogens is 1860 g/mol. The van der Waals surface area contributed by atoms with Crippen molar-refractivity contribution in [3.63, 3.8) is 0 Å². The minimum Gasteiger partial charge on any atom is -0.462 e. The Morgan fingerprint density at radius 2 is 0.697 bits per heavy atom. The maximum Gasteiger partial charge on any atom is 0.498 e. The van der Waals surface area contributed by atoms with Gasteiger partial charge in [-0.1, -0.05) is 81.9 Å². The van der Waals surface area contributed by atoms with Crippen LogP contribution in [0, 0.1) is 86.2 Å². The lowest BCUT2D eigenvalue weighted by molar-refractivity contribution is 0.00578. The van der Waals surface area contributed by atoms with Crippen molar-refractivity contribution < 1.29 is 56.7 Å². The maximum atomic E-state index is 12.5. The SMILES string of the molecule is CC1(C)OB(c2cn[nH]c2)OC1(C)C.CC1(C)OB(c2cnn(C(CC#N)C3CCCC3)c2)OC1(C)C.CCOC(=O)c1cnc2[nH]ccc2c1-c1cnn(C(CC#N)C2CCCC2)c1.CCOC(=O)c1cnc2[nH]ccc2c1-c1cnn([C@@H](CC#N)C2CCCC2)c1.CCOC(=O)c1cnc2[nH]ccc2c1-c1cnn([C@H](CC#N)C2CCCC2)c1.CCOC(=O)c1cnc2[nH]ccc2c1Cl.N#C/C=C/C1CCCC1. The molecule has 0 radical (unpaired) electrons. The van der Waals surface area contributed by atoms with Gasteiger partial charge in [-0.25, -0.2) is 39.1 Å². The number of allylic oxidation sites excluding steroid dienone is 2. The Kier molecular flexibility index (Phi) is 36.6. The van der Waals surface area contributed by atoms with Crippen LogP contribution in [-0.4, -0.2) is 176 Å². The van der Waals surface area contributed by atoms with Crippen LogP contribution in [0.3, 0.4) is 0 Å². The number of nitriles is 5. The van der Waals surface area contributed by atoms with E-state index in [1.165, 1.54) is 96.1 Å². The summed E-state index contributed by atoms with van der Waals surface area (Å²) in [4.78, 5) is 78.3. The second kappa shape index (κ2) is 49.6. The molecule has 7 aliphatic rings. The Bertz CT molecular complexity index is 6350. The molecule has 38 heteroatoms. The first-order valence-corrected chi connectivity index (χ1v) is 51.1. The number of aromatic nitrogens is 18. The zero-order valence-electron chi connectivity index (χ0n) is 84.8. The molecule has 0 bridgehead atoms. The molecule has 15 heterocycles. The molecule has 35 nitrogen and oxygen atoms in total. The standard InChI is InChI=1S/3C21H23N5O2.C17H26BN3O2.C10H9ClN2O2.C9H15BN2O2.C8H11N/c3*1-2-28-21(27)17-12-24-20-16(8-10-23-20)19(17)15-11-25-26(13-15)18(7-9-22)14-5-3-4-6-14;1-16(2)17(3,4)23-18(22-16)14-11-20-21(12-14)15(9-10-19)13-7-5-6-8-13;1-2-15-10(14)7-5-13-9-6(8(7)11)3-4-12-9;1-8(2)9(3,4)14-10(13-8)7-5-11-12-6-7;9-7-3-6-8-4-1-2-5-8/h3*8,10-14,18H,2-7H2,1H3,(H,23,24);11-13,15H,5-9H2,1-4H3;3-5H,2H2,1H3,(H,12,13);5-6H,1-4H3,(H,11,12);3,6,8H,1-2,4-5H2/b;;;;;;6-3+/t2*18-;;;;;/m10...../s1. The van der Waals surface area contributed by atoms with E-state index in [1.54, 1.807) is 114 Å². The Balaban J connectivity index is 0.000000137. The van der Waals surface area contributed by atoms with Crippen molar-refractivity contribution in [3.05, 3.63) is 175 Å². The Hall–Kier alpha value is -13.9. The number of carbonyl (C=O) groups is 4. The zero-order valence-corrected chi connectivity index (χ0v) is 85.6. The van der Waals surface area contributed by atoms with E-state index in [1.807, 2.05) is 108 Å². The van der Waals surface area contributed by atoms with Gasteiger partial charge < -0.3 is 57.5 Å². The Labute approximate surface area is 850 Å². The number of rotatable bonds is 26. The van der Waals surface area contributed by atoms with E-state index in [0.717, 1.165) is 104 Å². The normalized spacial score (nSPS) is 17.7. The Morgan fingerprint density at radius 3 is 1.01 bits per heavy atom. The van der Waals surface area contributed by atoms with E-state index in [9.17, 15) is 40.2 Å². The lowest BCUT2D eigenvalue weighted by Gasteiger charge is -2.32. The van der Waals surface area contributed by atoms with Crippen LogP contribution in [-0.2, 0) is 37.6 Å². The molecule has 758 valence electrons. The molecule has 5 aliphatic carbocycles. The predicted molar refractivity (Wildman–Crippen MR) is 551 cm³/mol. The minimum atomic E-state index is -0.446. The molecule has 13 aromatic heterocycles. The second-order valence-corrected chi connectivity index (χ2v) is 39.9. The van der Waals surface area contributed by atoms with Crippen LogP contribution in [0.1, 0.15) is 303 Å². The zero-order chi connectivity index (χ0) is 103. The van der Waals surface area contributed by atoms with Crippen molar-refractivity contribution in [2.45, 2.75) is 284 Å². The molecule has 2 unspecified atom stereocenters. The number of H-pyrrole nitrogens is 5. The van der Waals surface area contributed by atoms with Gasteiger partial charge in [0.2, 0.25) is 0 Å². The second-order valence-electron chi connectivity index (χ2n) is 39.5. The van der Waals surface area contributed by atoms with Gasteiger partial charge in [0.15, 0.2) is 0 Å². The fourth-order valence-corrected chi connectivity index (χ4v) is 20.6. The van der Waals surface area contributed by atoms with Gasteiger partial charge in [-0.3, -0.25) is 23.8 Å². The average molecular weight is 1990 g/mol. The summed E-state index contributed by atoms with van der Waals surface area (Å²) in [6, 6.07) is 19.1. The monoisotopic (exact) mass is 1990 g/mol. The summed E-state index contributed by atoms with van der Waals surface area (Å²) in [5.74, 6) is 1.05. The molecule has 5 N–H and O–H groups in total. The number of ether oxygens (including phenoxy) is 4. The molecule has 20 rings (SSSR count). The fourth-order valence-electron chi connectivity index (χ4n) is 20.3. The topological polar surface area (TPSA) is 476 Å². The highest BCUT2D eigenvalue weighted by Crippen LogP contribution is 2.45. The first-order valence-electron chi connectivity index (χ1n) is 50.7. The van der Waals surface area contributed by atoms with Gasteiger partial charge in [0.1, 0.15) is 22.6 Å². The number of carbonyl (C=O) groups excluding carboxylic acids is 4. The van der Waals surface area contributed by atoms with Crippen LogP contribution in [0.25, 0.3) is 77.5 Å². The third kappa shape index (κ3) is 25.4. The van der Waals surface area contributed by atoms with E-state index in [4.69, 9.17) is 54.4 Å². The van der Waals surface area contributed by atoms with Gasteiger partial charge in [-0.05, 0) is 201 Å². The minimum absolute atomic E-state index is 0.0656. The predicted octanol–water partition coefficient (Wildman–Crippen LogP) is 20.9. The molecule has 0 spiro atoms. The number of nitrogens with one attached hydrogen (secondary N) is 5. The van der Waals surface area contributed by atoms with Crippen LogP contribution in [0.15, 0.2) is 148 Å². The summed E-state index contributed by atoms with van der Waals surface area (Å²) in [7, 11) is -0.696. The number of pyridine rings is 4.